The average molecular weight is 241 g/mol. The topological polar surface area (TPSA) is 20.2 Å². The van der Waals surface area contributed by atoms with Gasteiger partial charge in [-0.3, -0.25) is 0 Å². The first-order valence-electron chi connectivity index (χ1n) is 4.53. The number of rotatable bonds is 1. The fourth-order valence-corrected chi connectivity index (χ4v) is 1.75. The van der Waals surface area contributed by atoms with Crippen molar-refractivity contribution in [2.75, 3.05) is 0 Å². The molecular weight excluding hydrogens is 234 g/mol. The first-order valence-corrected chi connectivity index (χ1v) is 4.91. The van der Waals surface area contributed by atoms with Crippen LogP contribution in [0.3, 0.4) is 0 Å². The Morgan fingerprint density at radius 2 is 1.69 bits per heavy atom. The number of aromatic hydroxyl groups is 1. The van der Waals surface area contributed by atoms with E-state index in [-0.39, 0.29) is 21.9 Å². The normalized spacial score (nSPS) is 10.4. The summed E-state index contributed by atoms with van der Waals surface area (Å²) < 4.78 is 26.5. The second-order valence-electron chi connectivity index (χ2n) is 3.24. The molecule has 4 heteroatoms. The van der Waals surface area contributed by atoms with Crippen molar-refractivity contribution in [3.63, 3.8) is 0 Å². The summed E-state index contributed by atoms with van der Waals surface area (Å²) >= 11 is 5.84. The molecule has 82 valence electrons. The third-order valence-corrected chi connectivity index (χ3v) is 2.53. The van der Waals surface area contributed by atoms with E-state index in [0.29, 0.717) is 0 Å². The van der Waals surface area contributed by atoms with E-state index in [1.165, 1.54) is 30.3 Å². The van der Waals surface area contributed by atoms with Gasteiger partial charge in [0, 0.05) is 11.1 Å². The highest BCUT2D eigenvalue weighted by Crippen LogP contribution is 2.37. The van der Waals surface area contributed by atoms with Gasteiger partial charge in [0.05, 0.1) is 5.02 Å². The van der Waals surface area contributed by atoms with Crippen LogP contribution in [-0.4, -0.2) is 5.11 Å². The van der Waals surface area contributed by atoms with Gasteiger partial charge in [-0.15, -0.1) is 0 Å². The quantitative estimate of drug-likeness (QED) is 0.799. The second kappa shape index (κ2) is 4.10. The maximum absolute atomic E-state index is 13.5. The summed E-state index contributed by atoms with van der Waals surface area (Å²) in [7, 11) is 0. The Hall–Kier alpha value is -1.61. The molecule has 0 saturated carbocycles. The number of phenols is 1. The lowest BCUT2D eigenvalue weighted by atomic mass is 10.0. The van der Waals surface area contributed by atoms with Crippen molar-refractivity contribution in [1.29, 1.82) is 0 Å². The number of hydrogen-bond acceptors (Lipinski definition) is 1. The van der Waals surface area contributed by atoms with Crippen molar-refractivity contribution in [3.05, 3.63) is 53.1 Å². The van der Waals surface area contributed by atoms with Crippen molar-refractivity contribution in [2.45, 2.75) is 0 Å². The molecule has 0 radical (unpaired) electrons. The third kappa shape index (κ3) is 1.74. The van der Waals surface area contributed by atoms with Gasteiger partial charge in [0.2, 0.25) is 0 Å². The smallest absolute Gasteiger partial charge is 0.166 e. The first kappa shape index (κ1) is 10.9. The molecule has 0 heterocycles. The van der Waals surface area contributed by atoms with Crippen molar-refractivity contribution < 1.29 is 13.9 Å². The maximum atomic E-state index is 13.5. The monoisotopic (exact) mass is 240 g/mol. The van der Waals surface area contributed by atoms with E-state index in [4.69, 9.17) is 11.6 Å². The van der Waals surface area contributed by atoms with E-state index in [1.54, 1.807) is 0 Å². The highest BCUT2D eigenvalue weighted by Gasteiger charge is 2.15. The summed E-state index contributed by atoms with van der Waals surface area (Å²) in [6.07, 6.45) is 0. The van der Waals surface area contributed by atoms with Crippen molar-refractivity contribution in [3.8, 4) is 16.9 Å². The number of halogens is 3. The van der Waals surface area contributed by atoms with E-state index >= 15 is 0 Å². The van der Waals surface area contributed by atoms with Gasteiger partial charge in [0.25, 0.3) is 0 Å². The molecule has 2 aromatic rings. The molecule has 0 spiro atoms. The van der Waals surface area contributed by atoms with Crippen molar-refractivity contribution in [1.82, 2.24) is 0 Å². The molecule has 0 atom stereocenters. The summed E-state index contributed by atoms with van der Waals surface area (Å²) in [5.74, 6) is -2.18. The van der Waals surface area contributed by atoms with E-state index in [9.17, 15) is 13.9 Å². The molecule has 2 rings (SSSR count). The summed E-state index contributed by atoms with van der Waals surface area (Å²) in [4.78, 5) is 0. The Kier molecular flexibility index (Phi) is 2.79. The van der Waals surface area contributed by atoms with Gasteiger partial charge in [-0.05, 0) is 18.2 Å². The maximum Gasteiger partial charge on any atom is 0.166 e. The molecule has 0 fully saturated rings. The zero-order valence-corrected chi connectivity index (χ0v) is 8.80. The van der Waals surface area contributed by atoms with Crippen molar-refractivity contribution >= 4 is 11.6 Å². The largest absolute Gasteiger partial charge is 0.507 e. The summed E-state index contributed by atoms with van der Waals surface area (Å²) in [5.41, 5.74) is 0.0456. The standard InChI is InChI=1S/C12H7ClF2O/c13-8-4-2-6-10(16)11(8)7-3-1-5-9(14)12(7)15/h1-6,16H. The summed E-state index contributed by atoms with van der Waals surface area (Å²) in [6, 6.07) is 8.12. The molecule has 1 nitrogen and oxygen atoms in total. The molecule has 2 aromatic carbocycles. The predicted octanol–water partition coefficient (Wildman–Crippen LogP) is 3.99. The lowest BCUT2D eigenvalue weighted by Gasteiger charge is -2.08. The van der Waals surface area contributed by atoms with E-state index in [1.807, 2.05) is 0 Å². The highest BCUT2D eigenvalue weighted by molar-refractivity contribution is 6.33. The van der Waals surface area contributed by atoms with Crippen LogP contribution in [0.15, 0.2) is 36.4 Å². The second-order valence-corrected chi connectivity index (χ2v) is 3.64. The Morgan fingerprint density at radius 3 is 2.38 bits per heavy atom. The molecule has 0 unspecified atom stereocenters. The average Bonchev–Trinajstić information content (AvgIpc) is 2.24. The fraction of sp³-hybridized carbons (Fsp3) is 0. The number of hydrogen-bond donors (Lipinski definition) is 1. The number of phenolic OH excluding ortho intramolecular Hbond substituents is 1. The van der Waals surface area contributed by atoms with Crippen LogP contribution in [0.25, 0.3) is 11.1 Å². The van der Waals surface area contributed by atoms with Gasteiger partial charge in [-0.2, -0.15) is 0 Å². The van der Waals surface area contributed by atoms with Gasteiger partial charge in [0.15, 0.2) is 11.6 Å². The Labute approximate surface area is 95.9 Å². The minimum atomic E-state index is -1.02. The van der Waals surface area contributed by atoms with Crippen LogP contribution in [0.1, 0.15) is 0 Å². The zero-order valence-electron chi connectivity index (χ0n) is 8.05. The van der Waals surface area contributed by atoms with Crippen LogP contribution in [0.5, 0.6) is 5.75 Å². The molecule has 0 amide bonds. The predicted molar refractivity (Wildman–Crippen MR) is 58.5 cm³/mol. The molecule has 0 aliphatic heterocycles. The van der Waals surface area contributed by atoms with Gasteiger partial charge in [-0.25, -0.2) is 8.78 Å². The molecule has 0 aromatic heterocycles. The van der Waals surface area contributed by atoms with Crippen molar-refractivity contribution in [2.24, 2.45) is 0 Å². The van der Waals surface area contributed by atoms with Gasteiger partial charge in [-0.1, -0.05) is 29.8 Å². The van der Waals surface area contributed by atoms with E-state index < -0.39 is 11.6 Å². The molecule has 0 bridgehead atoms. The molecule has 0 saturated heterocycles. The lowest BCUT2D eigenvalue weighted by molar-refractivity contribution is 0.475. The zero-order chi connectivity index (χ0) is 11.7. The minimum Gasteiger partial charge on any atom is -0.507 e. The van der Waals surface area contributed by atoms with Crippen LogP contribution >= 0.6 is 11.6 Å². The van der Waals surface area contributed by atoms with Gasteiger partial charge < -0.3 is 5.11 Å². The van der Waals surface area contributed by atoms with E-state index in [2.05, 4.69) is 0 Å². The van der Waals surface area contributed by atoms with Crippen LogP contribution in [-0.2, 0) is 0 Å². The van der Waals surface area contributed by atoms with Crippen LogP contribution in [0.2, 0.25) is 5.02 Å². The Balaban J connectivity index is 2.73. The third-order valence-electron chi connectivity index (χ3n) is 2.21. The Morgan fingerprint density at radius 1 is 1.00 bits per heavy atom. The fourth-order valence-electron chi connectivity index (χ4n) is 1.48. The SMILES string of the molecule is Oc1cccc(Cl)c1-c1cccc(F)c1F. The Bertz CT molecular complexity index is 520. The minimum absolute atomic E-state index is 0.0527. The van der Waals surface area contributed by atoms with Crippen LogP contribution < -0.4 is 0 Å². The van der Waals surface area contributed by atoms with Crippen LogP contribution in [0, 0.1) is 11.6 Å². The van der Waals surface area contributed by atoms with Gasteiger partial charge in [0.1, 0.15) is 5.75 Å². The first-order chi connectivity index (χ1) is 7.61. The molecule has 0 aliphatic rings. The highest BCUT2D eigenvalue weighted by atomic mass is 35.5. The summed E-state index contributed by atoms with van der Waals surface area (Å²) in [5, 5.41) is 9.76. The molecule has 1 N–H and O–H groups in total. The lowest BCUT2D eigenvalue weighted by Crippen LogP contribution is -1.90. The number of benzene rings is 2. The van der Waals surface area contributed by atoms with Crippen LogP contribution in [0.4, 0.5) is 8.78 Å². The van der Waals surface area contributed by atoms with Gasteiger partial charge >= 0.3 is 0 Å². The van der Waals surface area contributed by atoms with E-state index in [0.717, 1.165) is 6.07 Å². The summed E-state index contributed by atoms with van der Waals surface area (Å²) in [6.45, 7) is 0. The molecule has 16 heavy (non-hydrogen) atoms. The molecular formula is C12H7ClF2O. The molecule has 0 aliphatic carbocycles.